The van der Waals surface area contributed by atoms with Crippen molar-refractivity contribution in [1.29, 1.82) is 0 Å². The molecule has 0 atom stereocenters. The van der Waals surface area contributed by atoms with Gasteiger partial charge < -0.3 is 18.5 Å². The summed E-state index contributed by atoms with van der Waals surface area (Å²) in [7, 11) is -2.20. The van der Waals surface area contributed by atoms with Crippen LogP contribution in [0.3, 0.4) is 0 Å². The smallest absolute Gasteiger partial charge is 0.408 e. The average Bonchev–Trinajstić information content (AvgIpc) is 0.777. The van der Waals surface area contributed by atoms with E-state index in [1.165, 1.54) is 177 Å². The average molecular weight is 1310 g/mol. The molecule has 520 valence electrons. The van der Waals surface area contributed by atoms with Crippen molar-refractivity contribution in [2.45, 2.75) is 333 Å². The Balaban J connectivity index is 1.63. The Morgan fingerprint density at radius 2 is 0.432 bits per heavy atom. The first-order valence-corrected chi connectivity index (χ1v) is 41.2. The van der Waals surface area contributed by atoms with Gasteiger partial charge >= 0.3 is 8.60 Å². The van der Waals surface area contributed by atoms with E-state index in [-0.39, 0.29) is 0 Å². The van der Waals surface area contributed by atoms with Gasteiger partial charge in [-0.2, -0.15) is 0 Å². The van der Waals surface area contributed by atoms with Crippen LogP contribution < -0.4 is 13.6 Å². The van der Waals surface area contributed by atoms with E-state index in [1.54, 1.807) is 16.7 Å². The van der Waals surface area contributed by atoms with Crippen LogP contribution in [-0.4, -0.2) is 24.5 Å². The van der Waals surface area contributed by atoms with E-state index in [0.29, 0.717) is 0 Å². The van der Waals surface area contributed by atoms with Gasteiger partial charge in [-0.3, -0.25) is 0 Å². The molecule has 0 aromatic heterocycles. The maximum Gasteiger partial charge on any atom is 0.530 e. The molecule has 0 unspecified atom stereocenters. The molecule has 2 bridgehead atoms. The maximum absolute atomic E-state index is 8.41. The summed E-state index contributed by atoms with van der Waals surface area (Å²) in [6.07, 6.45) is 43.0. The van der Waals surface area contributed by atoms with Crippen molar-refractivity contribution in [2.24, 2.45) is 0 Å². The molecular weight excluding hydrogens is 1170 g/mol. The Kier molecular flexibility index (Phi) is 32.6. The van der Waals surface area contributed by atoms with Crippen LogP contribution >= 0.6 is 8.60 Å². The number of benzene rings is 6. The first-order chi connectivity index (χ1) is 46.6. The van der Waals surface area contributed by atoms with Gasteiger partial charge in [-0.1, -0.05) is 215 Å². The number of hydrogen-bond acceptors (Lipinski definition) is 4. The fourth-order valence-electron chi connectivity index (χ4n) is 15.2. The van der Waals surface area contributed by atoms with E-state index in [1.807, 2.05) is 0 Å². The molecule has 3 aliphatic heterocycles. The van der Waals surface area contributed by atoms with Crippen molar-refractivity contribution in [3.63, 3.8) is 0 Å². The van der Waals surface area contributed by atoms with Crippen molar-refractivity contribution in [3.05, 3.63) is 156 Å². The van der Waals surface area contributed by atoms with Crippen LogP contribution in [0.2, 0.25) is 0 Å². The summed E-state index contributed by atoms with van der Waals surface area (Å²) in [5, 5.41) is 0. The summed E-state index contributed by atoms with van der Waals surface area (Å²) >= 11 is 0. The van der Waals surface area contributed by atoms with Crippen LogP contribution in [0.5, 0.6) is 17.2 Å². The van der Waals surface area contributed by atoms with Gasteiger partial charge in [0, 0.05) is 36.3 Å². The van der Waals surface area contributed by atoms with Gasteiger partial charge in [0.15, 0.2) is 0 Å². The summed E-state index contributed by atoms with van der Waals surface area (Å²) in [4.78, 5) is 2.97. The second-order valence-corrected chi connectivity index (χ2v) is 30.1. The molecule has 0 fully saturated rings. The monoisotopic (exact) mass is 1310 g/mol. The zero-order chi connectivity index (χ0) is 67.3. The van der Waals surface area contributed by atoms with Gasteiger partial charge in [0.05, 0.1) is 0 Å². The first-order valence-electron chi connectivity index (χ1n) is 40.1. The van der Waals surface area contributed by atoms with Gasteiger partial charge in [0.25, 0.3) is 0 Å². The van der Waals surface area contributed by atoms with E-state index < -0.39 is 8.60 Å². The predicted octanol–water partition coefficient (Wildman–Crippen LogP) is 26.5. The van der Waals surface area contributed by atoms with E-state index in [2.05, 4.69) is 161 Å². The van der Waals surface area contributed by atoms with E-state index >= 15 is 0 Å². The van der Waals surface area contributed by atoms with Crippen molar-refractivity contribution in [1.82, 2.24) is 4.90 Å². The maximum atomic E-state index is 8.41. The predicted molar refractivity (Wildman–Crippen MR) is 415 cm³/mol. The Bertz CT molecular complexity index is 2950. The van der Waals surface area contributed by atoms with Gasteiger partial charge in [0.2, 0.25) is 0 Å². The molecule has 0 aliphatic carbocycles. The number of nitrogens with zero attached hydrogens (tertiary/aromatic N) is 1. The number of hydrogen-bond donors (Lipinski definition) is 0. The highest BCUT2D eigenvalue weighted by Gasteiger charge is 2.34. The summed E-state index contributed by atoms with van der Waals surface area (Å²) in [5.41, 5.74) is 29.8. The lowest BCUT2D eigenvalue weighted by atomic mass is 9.84. The van der Waals surface area contributed by atoms with Crippen LogP contribution in [0.1, 0.15) is 321 Å². The molecule has 95 heavy (non-hydrogen) atoms. The number of aryl methyl sites for hydroxylation is 12. The Labute approximate surface area is 583 Å². The minimum atomic E-state index is -2.20. The third-order valence-electron chi connectivity index (χ3n) is 21.0. The van der Waals surface area contributed by atoms with Crippen molar-refractivity contribution in [2.75, 3.05) is 19.6 Å². The van der Waals surface area contributed by atoms with Crippen molar-refractivity contribution >= 4 is 8.60 Å². The molecule has 4 nitrogen and oxygen atoms in total. The van der Waals surface area contributed by atoms with E-state index in [9.17, 15) is 0 Å². The van der Waals surface area contributed by atoms with Gasteiger partial charge in [0.1, 0.15) is 17.2 Å². The van der Waals surface area contributed by atoms with Crippen LogP contribution in [0.4, 0.5) is 0 Å². The molecule has 0 saturated heterocycles. The molecule has 0 N–H and O–H groups in total. The highest BCUT2D eigenvalue weighted by molar-refractivity contribution is 7.43. The third kappa shape index (κ3) is 21.3. The first kappa shape index (κ1) is 75.9. The Hall–Kier alpha value is -4.89. The van der Waals surface area contributed by atoms with Gasteiger partial charge in [-0.25, -0.2) is 0 Å². The second kappa shape index (κ2) is 40.9. The molecule has 0 amide bonds. The number of unbranched alkanes of at least 4 members (excludes halogenated alkanes) is 12. The molecule has 5 heteroatoms. The van der Waals surface area contributed by atoms with Crippen LogP contribution in [0.25, 0.3) is 33.4 Å². The molecule has 9 rings (SSSR count). The normalized spacial score (nSPS) is 14.8. The second-order valence-electron chi connectivity index (χ2n) is 29.1. The topological polar surface area (TPSA) is 30.9 Å². The number of fused-ring (bicyclic) bond motifs is 3. The van der Waals surface area contributed by atoms with Crippen LogP contribution in [0.15, 0.2) is 72.8 Å². The Morgan fingerprint density at radius 1 is 0.242 bits per heavy atom. The fourth-order valence-corrected chi connectivity index (χ4v) is 16.4. The standard InChI is InChI=1S/C90H132NO3P/c1-13-25-37-67-55-73(43-31-19-7)79-49-52-91-53-50-80-74(44-32-20-8)56-68(38-26-14-2)62-83(80)86-65-71(41-29-17-5)59-77(47-35-23-11)89(86)93-95(92-88-76(46-34-22-10)58-70(40-28-16-4)64-85(88)82(79)61-67)94-90-78(48-36-24-12)60-72(42-30-18-6)66-87(90)84-63-69(39-27-15-3)57-75(45-33-21-9)81(84)51-54-91/h55-66H,13-54H2,1-12H3. The van der Waals surface area contributed by atoms with E-state index in [0.717, 1.165) is 210 Å². The van der Waals surface area contributed by atoms with Gasteiger partial charge in [-0.05, 0) is 292 Å². The lowest BCUT2D eigenvalue weighted by molar-refractivity contribution is 0.283. The summed E-state index contributed by atoms with van der Waals surface area (Å²) < 4.78 is 25.2. The lowest BCUT2D eigenvalue weighted by Gasteiger charge is -2.31. The summed E-state index contributed by atoms with van der Waals surface area (Å²) in [6.45, 7) is 31.4. The van der Waals surface area contributed by atoms with Crippen molar-refractivity contribution in [3.8, 4) is 50.6 Å². The molecule has 6 aromatic rings. The third-order valence-corrected chi connectivity index (χ3v) is 22.0. The minimum absolute atomic E-state index is 0.935. The fraction of sp³-hybridized carbons (Fsp3) is 0.600. The summed E-state index contributed by atoms with van der Waals surface area (Å²) in [6, 6.07) is 31.4. The quantitative estimate of drug-likeness (QED) is 0.0367. The zero-order valence-corrected chi connectivity index (χ0v) is 63.6. The molecule has 0 radical (unpaired) electrons. The highest BCUT2D eigenvalue weighted by Crippen LogP contribution is 2.55. The van der Waals surface area contributed by atoms with Crippen molar-refractivity contribution < 1.29 is 13.6 Å². The Morgan fingerprint density at radius 3 is 0.653 bits per heavy atom. The van der Waals surface area contributed by atoms with Crippen LogP contribution in [-0.2, 0) is 96.3 Å². The molecular formula is C90H132NO3P. The zero-order valence-electron chi connectivity index (χ0n) is 62.7. The highest BCUT2D eigenvalue weighted by atomic mass is 31.2. The summed E-state index contributed by atoms with van der Waals surface area (Å²) in [5.74, 6) is 2.95. The van der Waals surface area contributed by atoms with Gasteiger partial charge in [-0.15, -0.1) is 0 Å². The SMILES string of the molecule is CCCCc1cc(CCCC)c2c(c1)-c1cc(CCCC)cc(CCCC)c1OP1Oc3c(CCCC)cc(CCCC)cc3-c3cc(CCCC)cc(CCCC)c3CCN(CC2)CCc2c(CCCC)cc(CCCC)cc2-c2cc(CCCC)cc(CCCC)c2O1. The van der Waals surface area contributed by atoms with E-state index in [4.69, 9.17) is 13.6 Å². The molecule has 3 heterocycles. The molecule has 6 aromatic carbocycles. The van der Waals surface area contributed by atoms with Crippen LogP contribution in [0, 0.1) is 0 Å². The lowest BCUT2D eigenvalue weighted by Crippen LogP contribution is -2.31. The minimum Gasteiger partial charge on any atom is -0.408 e. The largest absolute Gasteiger partial charge is 0.530 e. The molecule has 3 aliphatic rings. The number of rotatable bonds is 36. The molecule has 0 spiro atoms. The molecule has 0 saturated carbocycles.